The fourth-order valence-electron chi connectivity index (χ4n) is 4.18. The minimum Gasteiger partial charge on any atom is -0.493 e. The second-order valence-electron chi connectivity index (χ2n) is 9.25. The van der Waals surface area contributed by atoms with E-state index in [0.29, 0.717) is 18.0 Å². The Morgan fingerprint density at radius 2 is 1.62 bits per heavy atom. The van der Waals surface area contributed by atoms with Crippen molar-refractivity contribution in [2.75, 3.05) is 21.3 Å². The van der Waals surface area contributed by atoms with Crippen LogP contribution in [0.25, 0.3) is 0 Å². The summed E-state index contributed by atoms with van der Waals surface area (Å²) < 4.78 is 12.0. The van der Waals surface area contributed by atoms with E-state index in [1.54, 1.807) is 40.3 Å². The van der Waals surface area contributed by atoms with Crippen LogP contribution in [0.1, 0.15) is 44.6 Å². The summed E-state index contributed by atoms with van der Waals surface area (Å²) in [5.74, 6) is 0.0288. The zero-order valence-electron chi connectivity index (χ0n) is 21.6. The van der Waals surface area contributed by atoms with E-state index >= 15 is 0 Å². The highest BCUT2D eigenvalue weighted by Crippen LogP contribution is 2.28. The molecular weight excluding hydrogens is 474 g/mol. The van der Waals surface area contributed by atoms with Crippen LogP contribution in [0.15, 0.2) is 48.5 Å². The van der Waals surface area contributed by atoms with Gasteiger partial charge in [-0.25, -0.2) is 0 Å². The molecule has 3 amide bonds. The maximum Gasteiger partial charge on any atom is 0.272 e. The summed E-state index contributed by atoms with van der Waals surface area (Å²) in [5, 5.41) is 10.1. The van der Waals surface area contributed by atoms with Gasteiger partial charge in [0.2, 0.25) is 5.91 Å². The first-order valence-corrected chi connectivity index (χ1v) is 11.8. The van der Waals surface area contributed by atoms with E-state index in [0.717, 1.165) is 16.7 Å². The average molecular weight is 506 g/mol. The lowest BCUT2D eigenvalue weighted by Crippen LogP contribution is -2.62. The van der Waals surface area contributed by atoms with E-state index in [4.69, 9.17) is 9.47 Å². The van der Waals surface area contributed by atoms with E-state index in [-0.39, 0.29) is 36.3 Å². The molecule has 2 aromatic carbocycles. The number of hydrogen-bond donors (Lipinski definition) is 2. The van der Waals surface area contributed by atoms with Crippen molar-refractivity contribution >= 4 is 17.7 Å². The zero-order valence-corrected chi connectivity index (χ0v) is 21.6. The highest BCUT2D eigenvalue weighted by Gasteiger charge is 2.46. The molecule has 0 fully saturated rings. The Morgan fingerprint density at radius 1 is 0.973 bits per heavy atom. The number of fused-ring (bicyclic) bond motifs is 1. The van der Waals surface area contributed by atoms with Crippen molar-refractivity contribution in [1.29, 1.82) is 0 Å². The summed E-state index contributed by atoms with van der Waals surface area (Å²) in [6, 6.07) is 14.7. The summed E-state index contributed by atoms with van der Waals surface area (Å²) in [4.78, 5) is 40.5. The molecule has 0 saturated heterocycles. The molecule has 0 saturated carbocycles. The Labute approximate surface area is 215 Å². The van der Waals surface area contributed by atoms with Gasteiger partial charge in [0.05, 0.1) is 20.8 Å². The fourth-order valence-corrected chi connectivity index (χ4v) is 4.18. The number of aromatic nitrogens is 2. The molecule has 1 atom stereocenters. The van der Waals surface area contributed by atoms with Gasteiger partial charge in [0, 0.05) is 26.2 Å². The molecule has 0 bridgehead atoms. The highest BCUT2D eigenvalue weighted by atomic mass is 16.5. The van der Waals surface area contributed by atoms with Crippen LogP contribution in [0.4, 0.5) is 0 Å². The van der Waals surface area contributed by atoms with Gasteiger partial charge in [0.1, 0.15) is 11.2 Å². The molecule has 37 heavy (non-hydrogen) atoms. The van der Waals surface area contributed by atoms with E-state index in [9.17, 15) is 14.4 Å². The van der Waals surface area contributed by atoms with Crippen molar-refractivity contribution in [1.82, 2.24) is 25.3 Å². The van der Waals surface area contributed by atoms with Crippen LogP contribution in [-0.4, -0.2) is 59.2 Å². The van der Waals surface area contributed by atoms with Gasteiger partial charge in [0.15, 0.2) is 17.2 Å². The average Bonchev–Trinajstić information content (AvgIpc) is 3.33. The maximum atomic E-state index is 13.2. The number of carbonyl (C=O) groups is 3. The molecule has 4 rings (SSSR count). The van der Waals surface area contributed by atoms with Crippen LogP contribution in [0.2, 0.25) is 0 Å². The van der Waals surface area contributed by atoms with Gasteiger partial charge < -0.3 is 25.0 Å². The summed E-state index contributed by atoms with van der Waals surface area (Å²) in [6.45, 7) is 4.38. The van der Waals surface area contributed by atoms with E-state index in [1.807, 2.05) is 37.3 Å². The zero-order chi connectivity index (χ0) is 26.7. The van der Waals surface area contributed by atoms with Crippen molar-refractivity contribution in [3.8, 4) is 11.5 Å². The number of benzene rings is 2. The highest BCUT2D eigenvalue weighted by molar-refractivity contribution is 6.01. The summed E-state index contributed by atoms with van der Waals surface area (Å²) in [6.07, 6.45) is 0. The molecule has 3 aromatic rings. The number of carbonyl (C=O) groups excluding carboxylic acids is 3. The third-order valence-electron chi connectivity index (χ3n) is 6.70. The molecule has 0 aliphatic carbocycles. The number of methoxy groups -OCH3 is 2. The van der Waals surface area contributed by atoms with E-state index in [1.165, 1.54) is 15.6 Å². The maximum absolute atomic E-state index is 13.2. The Balaban J connectivity index is 1.45. The minimum absolute atomic E-state index is 0.0986. The number of likely N-dealkylation sites (N-methyl/N-ethyl adjacent to an activating group) is 1. The Hall–Kier alpha value is -4.34. The topological polar surface area (TPSA) is 115 Å². The lowest BCUT2D eigenvalue weighted by Gasteiger charge is -2.40. The predicted octanol–water partition coefficient (Wildman–Crippen LogP) is 2.30. The first-order valence-electron chi connectivity index (χ1n) is 11.8. The number of aryl methyl sites for hydroxylation is 1. The number of nitrogens with one attached hydrogen (secondary N) is 2. The molecule has 0 spiro atoms. The summed E-state index contributed by atoms with van der Waals surface area (Å²) in [7, 11) is 4.68. The molecule has 0 unspecified atom stereocenters. The van der Waals surface area contributed by atoms with Gasteiger partial charge in [-0.2, -0.15) is 5.10 Å². The van der Waals surface area contributed by atoms with Crippen molar-refractivity contribution in [3.63, 3.8) is 0 Å². The minimum atomic E-state index is -1.17. The SMILES string of the molecule is COc1ccc(CNC(=O)c2cc3n(n2)C[C@](C)(C(=O)NCc2ccc(C)cc2)N(C)C3=O)cc1OC. The largest absolute Gasteiger partial charge is 0.493 e. The Kier molecular flexibility index (Phi) is 7.19. The van der Waals surface area contributed by atoms with Crippen LogP contribution in [-0.2, 0) is 24.4 Å². The summed E-state index contributed by atoms with van der Waals surface area (Å²) in [5.41, 5.74) is 2.08. The van der Waals surface area contributed by atoms with Crippen molar-refractivity contribution in [3.05, 3.63) is 76.6 Å². The molecule has 0 radical (unpaired) electrons. The van der Waals surface area contributed by atoms with Gasteiger partial charge in [-0.3, -0.25) is 19.1 Å². The Bertz CT molecular complexity index is 1330. The van der Waals surface area contributed by atoms with Gasteiger partial charge in [-0.1, -0.05) is 35.9 Å². The van der Waals surface area contributed by atoms with Crippen LogP contribution >= 0.6 is 0 Å². The normalized spacial score (nSPS) is 16.7. The third-order valence-corrected chi connectivity index (χ3v) is 6.70. The molecule has 10 nitrogen and oxygen atoms in total. The van der Waals surface area contributed by atoms with Crippen LogP contribution in [0.5, 0.6) is 11.5 Å². The Morgan fingerprint density at radius 3 is 2.30 bits per heavy atom. The van der Waals surface area contributed by atoms with Gasteiger partial charge in [0.25, 0.3) is 11.8 Å². The number of ether oxygens (including phenoxy) is 2. The number of nitrogens with zero attached hydrogens (tertiary/aromatic N) is 3. The number of rotatable bonds is 8. The first-order chi connectivity index (χ1) is 17.7. The number of hydrogen-bond acceptors (Lipinski definition) is 6. The lowest BCUT2D eigenvalue weighted by molar-refractivity contribution is -0.132. The monoisotopic (exact) mass is 505 g/mol. The molecule has 194 valence electrons. The molecule has 10 heteroatoms. The van der Waals surface area contributed by atoms with Gasteiger partial charge in [-0.15, -0.1) is 0 Å². The molecule has 2 N–H and O–H groups in total. The van der Waals surface area contributed by atoms with Gasteiger partial charge in [-0.05, 0) is 37.1 Å². The van der Waals surface area contributed by atoms with Crippen molar-refractivity contribution in [2.24, 2.45) is 0 Å². The predicted molar refractivity (Wildman–Crippen MR) is 136 cm³/mol. The fraction of sp³-hybridized carbons (Fsp3) is 0.333. The number of amides is 3. The van der Waals surface area contributed by atoms with E-state index < -0.39 is 11.4 Å². The standard InChI is InChI=1S/C27H31N5O5/c1-17-6-8-18(9-7-17)14-29-26(35)27(2)16-32-21(25(34)31(27)3)13-20(30-32)24(33)28-15-19-10-11-22(36-4)23(12-19)37-5/h6-13H,14-16H2,1-5H3,(H,28,33)(H,29,35)/t27-/m1/s1. The van der Waals surface area contributed by atoms with Crippen LogP contribution in [0, 0.1) is 6.92 Å². The molecule has 1 aliphatic heterocycles. The quantitative estimate of drug-likeness (QED) is 0.486. The molecule has 2 heterocycles. The lowest BCUT2D eigenvalue weighted by atomic mass is 9.95. The van der Waals surface area contributed by atoms with Crippen LogP contribution < -0.4 is 20.1 Å². The second-order valence-corrected chi connectivity index (χ2v) is 9.25. The molecular formula is C27H31N5O5. The van der Waals surface area contributed by atoms with E-state index in [2.05, 4.69) is 15.7 Å². The van der Waals surface area contributed by atoms with Gasteiger partial charge >= 0.3 is 0 Å². The van der Waals surface area contributed by atoms with Crippen molar-refractivity contribution in [2.45, 2.75) is 39.0 Å². The second kappa shape index (κ2) is 10.3. The first kappa shape index (κ1) is 25.7. The molecule has 1 aromatic heterocycles. The van der Waals surface area contributed by atoms with Crippen LogP contribution in [0.3, 0.4) is 0 Å². The smallest absolute Gasteiger partial charge is 0.272 e. The third kappa shape index (κ3) is 5.13. The van der Waals surface area contributed by atoms with Crippen molar-refractivity contribution < 1.29 is 23.9 Å². The molecule has 1 aliphatic rings. The summed E-state index contributed by atoms with van der Waals surface area (Å²) >= 11 is 0.